The maximum atomic E-state index is 4.46. The van der Waals surface area contributed by atoms with E-state index in [2.05, 4.69) is 35.9 Å². The van der Waals surface area contributed by atoms with Crippen molar-refractivity contribution in [1.82, 2.24) is 29.6 Å². The number of piperazine rings is 1. The van der Waals surface area contributed by atoms with Crippen molar-refractivity contribution in [1.29, 1.82) is 0 Å². The van der Waals surface area contributed by atoms with E-state index < -0.39 is 0 Å². The molecule has 0 amide bonds. The fraction of sp³-hybridized carbons (Fsp3) is 0.368. The number of anilines is 1. The van der Waals surface area contributed by atoms with Crippen LogP contribution in [0.25, 0.3) is 5.82 Å². The smallest absolute Gasteiger partial charge is 0.158 e. The summed E-state index contributed by atoms with van der Waals surface area (Å²) in [5, 5.41) is 4.43. The molecule has 0 bridgehead atoms. The largest absolute Gasteiger partial charge is 0.354 e. The number of rotatable bonds is 5. The highest BCUT2D eigenvalue weighted by atomic mass is 15.3. The SMILES string of the molecule is Cc1ccn(-c2cc(N3CCN(CCc4ccccn4)CC3)ncn2)n1. The van der Waals surface area contributed by atoms with Gasteiger partial charge in [-0.1, -0.05) is 6.07 Å². The highest BCUT2D eigenvalue weighted by molar-refractivity contribution is 5.43. The van der Waals surface area contributed by atoms with Gasteiger partial charge in [0.15, 0.2) is 5.82 Å². The molecule has 0 atom stereocenters. The summed E-state index contributed by atoms with van der Waals surface area (Å²) >= 11 is 0. The Kier molecular flexibility index (Phi) is 4.88. The molecular formula is C19H23N7. The number of hydrogen-bond donors (Lipinski definition) is 0. The number of nitrogens with zero attached hydrogens (tertiary/aromatic N) is 7. The predicted molar refractivity (Wildman–Crippen MR) is 100 cm³/mol. The summed E-state index contributed by atoms with van der Waals surface area (Å²) in [7, 11) is 0. The molecule has 0 spiro atoms. The van der Waals surface area contributed by atoms with E-state index in [0.29, 0.717) is 0 Å². The average molecular weight is 349 g/mol. The molecule has 1 aliphatic rings. The first-order chi connectivity index (χ1) is 12.8. The molecule has 1 saturated heterocycles. The molecule has 1 aliphatic heterocycles. The van der Waals surface area contributed by atoms with Crippen LogP contribution in [0.4, 0.5) is 5.82 Å². The van der Waals surface area contributed by atoms with Crippen molar-refractivity contribution in [3.8, 4) is 5.82 Å². The molecular weight excluding hydrogens is 326 g/mol. The maximum absolute atomic E-state index is 4.46. The van der Waals surface area contributed by atoms with Crippen LogP contribution in [0.2, 0.25) is 0 Å². The number of aryl methyl sites for hydroxylation is 1. The van der Waals surface area contributed by atoms with Crippen LogP contribution >= 0.6 is 0 Å². The van der Waals surface area contributed by atoms with E-state index in [9.17, 15) is 0 Å². The quantitative estimate of drug-likeness (QED) is 0.699. The fourth-order valence-corrected chi connectivity index (χ4v) is 3.20. The topological polar surface area (TPSA) is 63.0 Å². The third kappa shape index (κ3) is 3.88. The Labute approximate surface area is 153 Å². The highest BCUT2D eigenvalue weighted by Crippen LogP contribution is 2.16. The average Bonchev–Trinajstić information content (AvgIpc) is 3.14. The molecule has 7 nitrogen and oxygen atoms in total. The van der Waals surface area contributed by atoms with Gasteiger partial charge in [0.1, 0.15) is 12.1 Å². The highest BCUT2D eigenvalue weighted by Gasteiger charge is 2.18. The summed E-state index contributed by atoms with van der Waals surface area (Å²) < 4.78 is 1.80. The van der Waals surface area contributed by atoms with Crippen LogP contribution in [0.3, 0.4) is 0 Å². The third-order valence-corrected chi connectivity index (χ3v) is 4.70. The molecule has 0 aliphatic carbocycles. The Balaban J connectivity index is 1.34. The van der Waals surface area contributed by atoms with E-state index in [1.807, 2.05) is 43.6 Å². The van der Waals surface area contributed by atoms with Crippen molar-refractivity contribution in [3.63, 3.8) is 0 Å². The molecule has 1 fully saturated rings. The van der Waals surface area contributed by atoms with E-state index in [-0.39, 0.29) is 0 Å². The molecule has 0 saturated carbocycles. The zero-order valence-electron chi connectivity index (χ0n) is 15.0. The molecule has 4 rings (SSSR count). The lowest BCUT2D eigenvalue weighted by Crippen LogP contribution is -2.47. The molecule has 26 heavy (non-hydrogen) atoms. The number of aromatic nitrogens is 5. The zero-order chi connectivity index (χ0) is 17.8. The minimum atomic E-state index is 0.806. The van der Waals surface area contributed by atoms with Crippen LogP contribution in [0.15, 0.2) is 49.1 Å². The van der Waals surface area contributed by atoms with Crippen molar-refractivity contribution < 1.29 is 0 Å². The van der Waals surface area contributed by atoms with E-state index in [4.69, 9.17) is 0 Å². The van der Waals surface area contributed by atoms with Crippen molar-refractivity contribution in [3.05, 3.63) is 60.4 Å². The van der Waals surface area contributed by atoms with E-state index in [0.717, 1.165) is 62.2 Å². The Bertz CT molecular complexity index is 838. The second kappa shape index (κ2) is 7.61. The minimum absolute atomic E-state index is 0.806. The van der Waals surface area contributed by atoms with E-state index in [1.54, 1.807) is 11.0 Å². The lowest BCUT2D eigenvalue weighted by Gasteiger charge is -2.35. The van der Waals surface area contributed by atoms with Gasteiger partial charge in [0.05, 0.1) is 5.69 Å². The lowest BCUT2D eigenvalue weighted by molar-refractivity contribution is 0.259. The molecule has 7 heteroatoms. The summed E-state index contributed by atoms with van der Waals surface area (Å²) in [5.41, 5.74) is 2.14. The number of pyridine rings is 1. The molecule has 3 aromatic heterocycles. The van der Waals surface area contributed by atoms with Gasteiger partial charge in [-0.25, -0.2) is 14.6 Å². The van der Waals surface area contributed by atoms with Gasteiger partial charge in [0, 0.05) is 63.3 Å². The first-order valence-electron chi connectivity index (χ1n) is 9.00. The molecule has 4 heterocycles. The third-order valence-electron chi connectivity index (χ3n) is 4.70. The van der Waals surface area contributed by atoms with Crippen LogP contribution in [0, 0.1) is 6.92 Å². The molecule has 0 aromatic carbocycles. The normalized spacial score (nSPS) is 15.3. The van der Waals surface area contributed by atoms with Crippen LogP contribution in [-0.4, -0.2) is 62.4 Å². The van der Waals surface area contributed by atoms with Crippen LogP contribution in [0.5, 0.6) is 0 Å². The first kappa shape index (κ1) is 16.7. The van der Waals surface area contributed by atoms with Gasteiger partial charge in [0.2, 0.25) is 0 Å². The molecule has 134 valence electrons. The summed E-state index contributed by atoms with van der Waals surface area (Å²) in [6.45, 7) is 7.03. The van der Waals surface area contributed by atoms with E-state index in [1.165, 1.54) is 0 Å². The lowest BCUT2D eigenvalue weighted by atomic mass is 10.2. The molecule has 0 radical (unpaired) electrons. The Morgan fingerprint density at radius 1 is 0.962 bits per heavy atom. The minimum Gasteiger partial charge on any atom is -0.354 e. The summed E-state index contributed by atoms with van der Waals surface area (Å²) in [6, 6.07) is 10.1. The van der Waals surface area contributed by atoms with Gasteiger partial charge in [-0.15, -0.1) is 0 Å². The molecule has 0 unspecified atom stereocenters. The van der Waals surface area contributed by atoms with Crippen LogP contribution in [0.1, 0.15) is 11.4 Å². The van der Waals surface area contributed by atoms with Crippen molar-refractivity contribution in [2.45, 2.75) is 13.3 Å². The second-order valence-electron chi connectivity index (χ2n) is 6.54. The summed E-state index contributed by atoms with van der Waals surface area (Å²) in [5.74, 6) is 1.77. The standard InChI is InChI=1S/C19H23N7/c1-16-5-9-26(23-16)19-14-18(21-15-22-19)25-12-10-24(11-13-25)8-6-17-4-2-3-7-20-17/h2-5,7,9,14-15H,6,8,10-13H2,1H3. The van der Waals surface area contributed by atoms with Gasteiger partial charge in [-0.3, -0.25) is 9.88 Å². The van der Waals surface area contributed by atoms with Crippen molar-refractivity contribution in [2.24, 2.45) is 0 Å². The first-order valence-corrected chi connectivity index (χ1v) is 9.00. The zero-order valence-corrected chi connectivity index (χ0v) is 15.0. The summed E-state index contributed by atoms with van der Waals surface area (Å²) in [6.07, 6.45) is 6.41. The van der Waals surface area contributed by atoms with Crippen molar-refractivity contribution >= 4 is 5.82 Å². The Morgan fingerprint density at radius 3 is 2.54 bits per heavy atom. The monoisotopic (exact) mass is 349 g/mol. The Morgan fingerprint density at radius 2 is 1.81 bits per heavy atom. The van der Waals surface area contributed by atoms with Gasteiger partial charge in [-0.05, 0) is 25.1 Å². The predicted octanol–water partition coefficient (Wildman–Crippen LogP) is 1.73. The van der Waals surface area contributed by atoms with Crippen LogP contribution in [-0.2, 0) is 6.42 Å². The molecule has 3 aromatic rings. The maximum Gasteiger partial charge on any atom is 0.158 e. The number of hydrogen-bond acceptors (Lipinski definition) is 6. The van der Waals surface area contributed by atoms with E-state index >= 15 is 0 Å². The summed E-state index contributed by atoms with van der Waals surface area (Å²) in [4.78, 5) is 18.0. The van der Waals surface area contributed by atoms with Crippen LogP contribution < -0.4 is 4.90 Å². The van der Waals surface area contributed by atoms with Gasteiger partial charge < -0.3 is 4.90 Å². The second-order valence-corrected chi connectivity index (χ2v) is 6.54. The molecule has 0 N–H and O–H groups in total. The fourth-order valence-electron chi connectivity index (χ4n) is 3.20. The van der Waals surface area contributed by atoms with Gasteiger partial charge >= 0.3 is 0 Å². The van der Waals surface area contributed by atoms with Crippen molar-refractivity contribution in [2.75, 3.05) is 37.6 Å². The van der Waals surface area contributed by atoms with Gasteiger partial charge in [-0.2, -0.15) is 5.10 Å². The van der Waals surface area contributed by atoms with Gasteiger partial charge in [0.25, 0.3) is 0 Å². The Hall–Kier alpha value is -2.80.